The van der Waals surface area contributed by atoms with Crippen molar-refractivity contribution < 1.29 is 4.92 Å². The minimum absolute atomic E-state index is 0.137. The summed E-state index contributed by atoms with van der Waals surface area (Å²) in [5, 5.41) is 16.9. The van der Waals surface area contributed by atoms with E-state index in [4.69, 9.17) is 0 Å². The summed E-state index contributed by atoms with van der Waals surface area (Å²) in [7, 11) is 0. The molecule has 134 valence electrons. The van der Waals surface area contributed by atoms with E-state index in [0.717, 1.165) is 5.69 Å². The minimum Gasteiger partial charge on any atom is -0.332 e. The lowest BCUT2D eigenvalue weighted by Crippen LogP contribution is -2.21. The summed E-state index contributed by atoms with van der Waals surface area (Å²) in [6.45, 7) is 0.234. The maximum absolute atomic E-state index is 12.7. The summed E-state index contributed by atoms with van der Waals surface area (Å²) in [5.74, 6) is 0. The lowest BCUT2D eigenvalue weighted by molar-refractivity contribution is -0.384. The van der Waals surface area contributed by atoms with Gasteiger partial charge in [0.15, 0.2) is 5.13 Å². The van der Waals surface area contributed by atoms with Crippen LogP contribution in [0.2, 0.25) is 0 Å². The molecule has 0 atom stereocenters. The molecule has 0 amide bonds. The van der Waals surface area contributed by atoms with Gasteiger partial charge in [0.2, 0.25) is 0 Å². The number of para-hydroxylation sites is 1. The second kappa shape index (κ2) is 6.96. The SMILES string of the molecule is O=c1c2cc([N+](=O)[O-])ccc2ncn1Cc1csc(Nc2ccccc2)n1. The average molecular weight is 379 g/mol. The average Bonchev–Trinajstić information content (AvgIpc) is 3.11. The van der Waals surface area contributed by atoms with Crippen LogP contribution in [0, 0.1) is 10.1 Å². The molecule has 0 unspecified atom stereocenters. The fraction of sp³-hybridized carbons (Fsp3) is 0.0556. The van der Waals surface area contributed by atoms with E-state index in [2.05, 4.69) is 15.3 Å². The molecule has 0 saturated heterocycles. The quantitative estimate of drug-likeness (QED) is 0.420. The molecule has 4 aromatic rings. The topological polar surface area (TPSA) is 103 Å². The number of fused-ring (bicyclic) bond motifs is 1. The van der Waals surface area contributed by atoms with Gasteiger partial charge in [-0.3, -0.25) is 19.5 Å². The first kappa shape index (κ1) is 16.9. The van der Waals surface area contributed by atoms with Gasteiger partial charge in [-0.2, -0.15) is 0 Å². The fourth-order valence-corrected chi connectivity index (χ4v) is 3.35. The third kappa shape index (κ3) is 3.53. The molecule has 1 N–H and O–H groups in total. The number of hydrogen-bond acceptors (Lipinski definition) is 7. The van der Waals surface area contributed by atoms with Crippen molar-refractivity contribution in [3.63, 3.8) is 0 Å². The highest BCUT2D eigenvalue weighted by Gasteiger charge is 2.12. The van der Waals surface area contributed by atoms with Gasteiger partial charge >= 0.3 is 0 Å². The zero-order valence-corrected chi connectivity index (χ0v) is 14.7. The van der Waals surface area contributed by atoms with Crippen molar-refractivity contribution >= 4 is 38.7 Å². The molecule has 2 aromatic heterocycles. The maximum Gasteiger partial charge on any atom is 0.270 e. The number of aromatic nitrogens is 3. The van der Waals surface area contributed by atoms with Crippen LogP contribution in [-0.4, -0.2) is 19.5 Å². The monoisotopic (exact) mass is 379 g/mol. The molecule has 2 aromatic carbocycles. The fourth-order valence-electron chi connectivity index (χ4n) is 2.63. The highest BCUT2D eigenvalue weighted by molar-refractivity contribution is 7.13. The molecule has 9 heteroatoms. The number of hydrogen-bond donors (Lipinski definition) is 1. The van der Waals surface area contributed by atoms with Crippen LogP contribution >= 0.6 is 11.3 Å². The first-order valence-corrected chi connectivity index (χ1v) is 8.88. The Kier molecular flexibility index (Phi) is 4.35. The number of anilines is 2. The van der Waals surface area contributed by atoms with E-state index >= 15 is 0 Å². The summed E-state index contributed by atoms with van der Waals surface area (Å²) in [5.41, 5.74) is 1.57. The molecule has 0 radical (unpaired) electrons. The van der Waals surface area contributed by atoms with Crippen LogP contribution in [0.3, 0.4) is 0 Å². The van der Waals surface area contributed by atoms with E-state index in [1.165, 1.54) is 40.4 Å². The zero-order chi connectivity index (χ0) is 18.8. The molecule has 0 bridgehead atoms. The van der Waals surface area contributed by atoms with Gasteiger partial charge in [-0.15, -0.1) is 11.3 Å². The Morgan fingerprint density at radius 2 is 2.00 bits per heavy atom. The normalized spacial score (nSPS) is 10.8. The van der Waals surface area contributed by atoms with Crippen molar-refractivity contribution in [3.8, 4) is 0 Å². The zero-order valence-electron chi connectivity index (χ0n) is 13.9. The third-order valence-electron chi connectivity index (χ3n) is 3.93. The Hall–Kier alpha value is -3.59. The molecule has 8 nitrogen and oxygen atoms in total. The summed E-state index contributed by atoms with van der Waals surface area (Å²) in [4.78, 5) is 31.8. The molecule has 0 aliphatic carbocycles. The van der Waals surface area contributed by atoms with E-state index in [1.54, 1.807) is 0 Å². The van der Waals surface area contributed by atoms with Crippen molar-refractivity contribution in [2.24, 2.45) is 0 Å². The Morgan fingerprint density at radius 1 is 1.19 bits per heavy atom. The van der Waals surface area contributed by atoms with Crippen LogP contribution in [0.5, 0.6) is 0 Å². The minimum atomic E-state index is -0.530. The first-order valence-electron chi connectivity index (χ1n) is 8.00. The predicted molar refractivity (Wildman–Crippen MR) is 104 cm³/mol. The van der Waals surface area contributed by atoms with Crippen molar-refractivity contribution in [1.82, 2.24) is 14.5 Å². The number of nitrogens with zero attached hydrogens (tertiary/aromatic N) is 4. The lowest BCUT2D eigenvalue weighted by atomic mass is 10.2. The Labute approximate surface area is 156 Å². The van der Waals surface area contributed by atoms with E-state index in [0.29, 0.717) is 16.3 Å². The van der Waals surface area contributed by atoms with E-state index in [-0.39, 0.29) is 23.2 Å². The summed E-state index contributed by atoms with van der Waals surface area (Å²) in [6, 6.07) is 13.7. The van der Waals surface area contributed by atoms with Crippen molar-refractivity contribution in [2.45, 2.75) is 6.54 Å². The van der Waals surface area contributed by atoms with Gasteiger partial charge in [-0.05, 0) is 18.2 Å². The molecule has 2 heterocycles. The van der Waals surface area contributed by atoms with Gasteiger partial charge in [0, 0.05) is 23.2 Å². The number of rotatable bonds is 5. The number of thiazole rings is 1. The van der Waals surface area contributed by atoms with Gasteiger partial charge in [-0.25, -0.2) is 9.97 Å². The van der Waals surface area contributed by atoms with E-state index in [9.17, 15) is 14.9 Å². The molecule has 0 aliphatic rings. The molecule has 0 spiro atoms. The third-order valence-corrected chi connectivity index (χ3v) is 4.73. The lowest BCUT2D eigenvalue weighted by Gasteiger charge is -2.05. The van der Waals surface area contributed by atoms with E-state index < -0.39 is 4.92 Å². The van der Waals surface area contributed by atoms with Gasteiger partial charge in [0.05, 0.1) is 34.4 Å². The Balaban J connectivity index is 1.61. The molecule has 4 rings (SSSR count). The van der Waals surface area contributed by atoms with Crippen LogP contribution in [0.1, 0.15) is 5.69 Å². The second-order valence-electron chi connectivity index (χ2n) is 5.77. The molecule has 0 aliphatic heterocycles. The van der Waals surface area contributed by atoms with Gasteiger partial charge in [0.25, 0.3) is 11.2 Å². The summed E-state index contributed by atoms with van der Waals surface area (Å²) in [6.07, 6.45) is 1.43. The Morgan fingerprint density at radius 3 is 2.78 bits per heavy atom. The second-order valence-corrected chi connectivity index (χ2v) is 6.63. The van der Waals surface area contributed by atoms with Crippen molar-refractivity contribution in [3.05, 3.63) is 86.4 Å². The van der Waals surface area contributed by atoms with Crippen LogP contribution in [0.15, 0.2) is 65.0 Å². The highest BCUT2D eigenvalue weighted by atomic mass is 32.1. The largest absolute Gasteiger partial charge is 0.332 e. The smallest absolute Gasteiger partial charge is 0.270 e. The van der Waals surface area contributed by atoms with Crippen LogP contribution in [0.25, 0.3) is 10.9 Å². The number of nitrogens with one attached hydrogen (secondary N) is 1. The van der Waals surface area contributed by atoms with Crippen molar-refractivity contribution in [1.29, 1.82) is 0 Å². The first-order chi connectivity index (χ1) is 13.1. The van der Waals surface area contributed by atoms with Crippen LogP contribution in [-0.2, 0) is 6.54 Å². The standard InChI is InChI=1S/C18H13N5O3S/c24-17-15-8-14(23(25)26)6-7-16(15)19-11-22(17)9-13-10-27-18(21-13)20-12-4-2-1-3-5-12/h1-8,10-11H,9H2,(H,20,21). The van der Waals surface area contributed by atoms with E-state index in [1.807, 2.05) is 35.7 Å². The summed E-state index contributed by atoms with van der Waals surface area (Å²) < 4.78 is 1.40. The molecule has 0 saturated carbocycles. The van der Waals surface area contributed by atoms with Crippen LogP contribution < -0.4 is 10.9 Å². The van der Waals surface area contributed by atoms with Gasteiger partial charge < -0.3 is 5.32 Å². The number of nitro groups is 1. The number of nitro benzene ring substituents is 1. The summed E-state index contributed by atoms with van der Waals surface area (Å²) >= 11 is 1.43. The predicted octanol–water partition coefficient (Wildman–Crippen LogP) is 3.55. The van der Waals surface area contributed by atoms with Gasteiger partial charge in [0.1, 0.15) is 0 Å². The maximum atomic E-state index is 12.7. The highest BCUT2D eigenvalue weighted by Crippen LogP contribution is 2.21. The van der Waals surface area contributed by atoms with Crippen molar-refractivity contribution in [2.75, 3.05) is 5.32 Å². The number of benzene rings is 2. The molecule has 0 fully saturated rings. The Bertz CT molecular complexity index is 1190. The van der Waals surface area contributed by atoms with Crippen LogP contribution in [0.4, 0.5) is 16.5 Å². The molecular formula is C18H13N5O3S. The number of non-ortho nitro benzene ring substituents is 1. The molecular weight excluding hydrogens is 366 g/mol. The van der Waals surface area contributed by atoms with Gasteiger partial charge in [-0.1, -0.05) is 18.2 Å². The molecule has 27 heavy (non-hydrogen) atoms.